The van der Waals surface area contributed by atoms with Gasteiger partial charge in [-0.2, -0.15) is 0 Å². The first kappa shape index (κ1) is 14.0. The summed E-state index contributed by atoms with van der Waals surface area (Å²) in [5, 5.41) is 13.7. The minimum Gasteiger partial charge on any atom is -0.476 e. The number of nitrogens with zero attached hydrogens (tertiary/aromatic N) is 2. The normalized spacial score (nSPS) is 9.94. The standard InChI is InChI=1S/C9H9N3O2S2.ClH/c10-2-1-7-11-5(3-15-7)8-12-6(4-16-8)9(13)14;/h3-4H,1-2,10H2,(H,13,14);1H. The van der Waals surface area contributed by atoms with E-state index in [2.05, 4.69) is 9.97 Å². The summed E-state index contributed by atoms with van der Waals surface area (Å²) in [7, 11) is 0. The number of carbonyl (C=O) groups is 1. The van der Waals surface area contributed by atoms with Crippen LogP contribution in [0.3, 0.4) is 0 Å². The molecule has 3 N–H and O–H groups in total. The van der Waals surface area contributed by atoms with Gasteiger partial charge in [0.15, 0.2) is 5.69 Å². The number of thiazole rings is 2. The summed E-state index contributed by atoms with van der Waals surface area (Å²) in [6, 6.07) is 0. The van der Waals surface area contributed by atoms with E-state index in [9.17, 15) is 4.79 Å². The van der Waals surface area contributed by atoms with Crippen LogP contribution in [0.5, 0.6) is 0 Å². The zero-order chi connectivity index (χ0) is 11.5. The van der Waals surface area contributed by atoms with Gasteiger partial charge in [0.05, 0.1) is 5.01 Å². The van der Waals surface area contributed by atoms with E-state index in [1.807, 2.05) is 5.38 Å². The van der Waals surface area contributed by atoms with Crippen LogP contribution in [0, 0.1) is 0 Å². The molecule has 0 aliphatic carbocycles. The molecule has 17 heavy (non-hydrogen) atoms. The largest absolute Gasteiger partial charge is 0.476 e. The van der Waals surface area contributed by atoms with E-state index in [-0.39, 0.29) is 18.1 Å². The zero-order valence-corrected chi connectivity index (χ0v) is 11.1. The van der Waals surface area contributed by atoms with Crippen molar-refractivity contribution in [3.63, 3.8) is 0 Å². The second-order valence-corrected chi connectivity index (χ2v) is 4.81. The number of rotatable bonds is 4. The first-order valence-corrected chi connectivity index (χ1v) is 6.30. The minimum absolute atomic E-state index is 0. The second kappa shape index (κ2) is 6.06. The molecule has 0 unspecified atom stereocenters. The zero-order valence-electron chi connectivity index (χ0n) is 8.62. The summed E-state index contributed by atoms with van der Waals surface area (Å²) in [6.07, 6.45) is 0.738. The lowest BCUT2D eigenvalue weighted by molar-refractivity contribution is 0.0691. The van der Waals surface area contributed by atoms with Crippen molar-refractivity contribution >= 4 is 41.0 Å². The number of carboxylic acid groups (broad SMARTS) is 1. The molecular formula is C9H10ClN3O2S2. The molecule has 0 spiro atoms. The van der Waals surface area contributed by atoms with Gasteiger partial charge in [-0.15, -0.1) is 35.1 Å². The van der Waals surface area contributed by atoms with Crippen LogP contribution in [0.25, 0.3) is 10.7 Å². The monoisotopic (exact) mass is 291 g/mol. The average Bonchev–Trinajstić information content (AvgIpc) is 2.84. The maximum absolute atomic E-state index is 10.7. The van der Waals surface area contributed by atoms with Crippen LogP contribution in [0.4, 0.5) is 0 Å². The van der Waals surface area contributed by atoms with Crippen molar-refractivity contribution in [3.05, 3.63) is 21.5 Å². The maximum atomic E-state index is 10.7. The summed E-state index contributed by atoms with van der Waals surface area (Å²) < 4.78 is 0. The second-order valence-electron chi connectivity index (χ2n) is 3.01. The molecular weight excluding hydrogens is 282 g/mol. The first-order chi connectivity index (χ1) is 7.70. The molecule has 8 heteroatoms. The fraction of sp³-hybridized carbons (Fsp3) is 0.222. The Hall–Kier alpha value is -1.02. The molecule has 0 radical (unpaired) electrons. The lowest BCUT2D eigenvalue weighted by atomic mass is 10.4. The molecule has 5 nitrogen and oxygen atoms in total. The number of carboxylic acids is 1. The van der Waals surface area contributed by atoms with E-state index in [1.54, 1.807) is 0 Å². The SMILES string of the molecule is Cl.NCCc1nc(-c2nc(C(=O)O)cs2)cs1. The van der Waals surface area contributed by atoms with Gasteiger partial charge in [-0.05, 0) is 6.54 Å². The predicted molar refractivity (Wildman–Crippen MR) is 70.2 cm³/mol. The third kappa shape index (κ3) is 3.22. The smallest absolute Gasteiger partial charge is 0.355 e. The molecule has 0 fully saturated rings. The summed E-state index contributed by atoms with van der Waals surface area (Å²) in [5.41, 5.74) is 6.22. The van der Waals surface area contributed by atoms with Crippen molar-refractivity contribution in [2.45, 2.75) is 6.42 Å². The topological polar surface area (TPSA) is 89.1 Å². The molecule has 0 saturated heterocycles. The number of nitrogens with two attached hydrogens (primary N) is 1. The van der Waals surface area contributed by atoms with Crippen molar-refractivity contribution in [1.29, 1.82) is 0 Å². The highest BCUT2D eigenvalue weighted by atomic mass is 35.5. The molecule has 0 aromatic carbocycles. The minimum atomic E-state index is -1.01. The van der Waals surface area contributed by atoms with E-state index in [0.29, 0.717) is 11.6 Å². The Labute approximate surface area is 112 Å². The Kier molecular flexibility index (Phi) is 5.01. The molecule has 2 rings (SSSR count). The van der Waals surface area contributed by atoms with Gasteiger partial charge in [-0.1, -0.05) is 0 Å². The van der Waals surface area contributed by atoms with Crippen molar-refractivity contribution in [2.24, 2.45) is 5.73 Å². The Balaban J connectivity index is 0.00000144. The summed E-state index contributed by atoms with van der Waals surface area (Å²) in [4.78, 5) is 19.0. The van der Waals surface area contributed by atoms with Gasteiger partial charge >= 0.3 is 5.97 Å². The summed E-state index contributed by atoms with van der Waals surface area (Å²) in [6.45, 7) is 0.561. The number of aromatic nitrogens is 2. The van der Waals surface area contributed by atoms with Crippen molar-refractivity contribution in [1.82, 2.24) is 9.97 Å². The molecule has 2 aromatic rings. The van der Waals surface area contributed by atoms with Gasteiger partial charge < -0.3 is 10.8 Å². The van der Waals surface area contributed by atoms with Crippen molar-refractivity contribution in [3.8, 4) is 10.7 Å². The summed E-state index contributed by atoms with van der Waals surface area (Å²) >= 11 is 2.80. The van der Waals surface area contributed by atoms with Crippen LogP contribution in [-0.4, -0.2) is 27.6 Å². The molecule has 0 amide bonds. The third-order valence-corrected chi connectivity index (χ3v) is 3.63. The van der Waals surface area contributed by atoms with Crippen LogP contribution in [0.2, 0.25) is 0 Å². The van der Waals surface area contributed by atoms with Crippen LogP contribution in [0.15, 0.2) is 10.8 Å². The average molecular weight is 292 g/mol. The number of hydrogen-bond acceptors (Lipinski definition) is 6. The number of aromatic carboxylic acids is 1. The Bertz CT molecular complexity index is 512. The van der Waals surface area contributed by atoms with E-state index < -0.39 is 5.97 Å². The van der Waals surface area contributed by atoms with Crippen molar-refractivity contribution < 1.29 is 9.90 Å². The molecule has 0 aliphatic heterocycles. The molecule has 0 saturated carbocycles. The molecule has 0 bridgehead atoms. The van der Waals surface area contributed by atoms with Gasteiger partial charge in [-0.25, -0.2) is 14.8 Å². The molecule has 2 aromatic heterocycles. The van der Waals surface area contributed by atoms with Gasteiger partial charge in [-0.3, -0.25) is 0 Å². The molecule has 0 atom stereocenters. The fourth-order valence-electron chi connectivity index (χ4n) is 1.14. The maximum Gasteiger partial charge on any atom is 0.355 e. The van der Waals surface area contributed by atoms with Crippen LogP contribution in [0.1, 0.15) is 15.5 Å². The molecule has 0 aliphatic rings. The molecule has 2 heterocycles. The third-order valence-electron chi connectivity index (χ3n) is 1.85. The highest BCUT2D eigenvalue weighted by Gasteiger charge is 2.12. The first-order valence-electron chi connectivity index (χ1n) is 4.54. The molecule has 92 valence electrons. The van der Waals surface area contributed by atoms with E-state index >= 15 is 0 Å². The van der Waals surface area contributed by atoms with Gasteiger partial charge in [0, 0.05) is 17.2 Å². The Morgan fingerprint density at radius 2 is 2.12 bits per heavy atom. The Morgan fingerprint density at radius 3 is 2.71 bits per heavy atom. The van der Waals surface area contributed by atoms with Gasteiger partial charge in [0.2, 0.25) is 0 Å². The lowest BCUT2D eigenvalue weighted by Gasteiger charge is -1.89. The highest BCUT2D eigenvalue weighted by molar-refractivity contribution is 7.14. The Morgan fingerprint density at radius 1 is 1.35 bits per heavy atom. The van der Waals surface area contributed by atoms with Gasteiger partial charge in [0.25, 0.3) is 0 Å². The van der Waals surface area contributed by atoms with E-state index in [1.165, 1.54) is 28.1 Å². The van der Waals surface area contributed by atoms with Crippen molar-refractivity contribution in [2.75, 3.05) is 6.54 Å². The lowest BCUT2D eigenvalue weighted by Crippen LogP contribution is -2.02. The van der Waals surface area contributed by atoms with Crippen LogP contribution in [-0.2, 0) is 6.42 Å². The number of hydrogen-bond donors (Lipinski definition) is 2. The van der Waals surface area contributed by atoms with Gasteiger partial charge in [0.1, 0.15) is 10.7 Å². The van der Waals surface area contributed by atoms with E-state index in [4.69, 9.17) is 10.8 Å². The van der Waals surface area contributed by atoms with Crippen LogP contribution >= 0.6 is 35.1 Å². The quantitative estimate of drug-likeness (QED) is 0.898. The fourth-order valence-corrected chi connectivity index (χ4v) is 2.76. The highest BCUT2D eigenvalue weighted by Crippen LogP contribution is 2.25. The van der Waals surface area contributed by atoms with Crippen LogP contribution < -0.4 is 5.73 Å². The predicted octanol–water partition coefficient (Wildman–Crippen LogP) is 1.89. The summed E-state index contributed by atoms with van der Waals surface area (Å²) in [5.74, 6) is -1.01. The van der Waals surface area contributed by atoms with E-state index in [0.717, 1.165) is 17.1 Å². The number of halogens is 1.